The van der Waals surface area contributed by atoms with Gasteiger partial charge in [0.15, 0.2) is 0 Å². The van der Waals surface area contributed by atoms with Gasteiger partial charge in [0.05, 0.1) is 17.2 Å². The maximum absolute atomic E-state index is 11.7. The van der Waals surface area contributed by atoms with Crippen molar-refractivity contribution in [3.05, 3.63) is 35.4 Å². The Labute approximate surface area is 162 Å². The van der Waals surface area contributed by atoms with Gasteiger partial charge in [-0.3, -0.25) is 4.89 Å². The van der Waals surface area contributed by atoms with E-state index in [1.54, 1.807) is 12.1 Å². The Morgan fingerprint density at radius 2 is 1.41 bits per heavy atom. The molecule has 0 saturated heterocycles. The second-order valence-corrected chi connectivity index (χ2v) is 6.54. The molecule has 0 spiro atoms. The van der Waals surface area contributed by atoms with Gasteiger partial charge >= 0.3 is 12.1 Å². The molecule has 0 atom stereocenters. The summed E-state index contributed by atoms with van der Waals surface area (Å²) in [6.45, 7) is 4.54. The Balaban J connectivity index is 2.03. The number of unbranched alkanes of at least 4 members (excludes halogenated alkanes) is 7. The zero-order chi connectivity index (χ0) is 19.7. The summed E-state index contributed by atoms with van der Waals surface area (Å²) >= 11 is 0. The number of rotatable bonds is 14. The average Bonchev–Trinajstić information content (AvgIpc) is 2.67. The number of hydrogen-bond donors (Lipinski definition) is 0. The number of hydrogen-bond acceptors (Lipinski definition) is 6. The quantitative estimate of drug-likeness (QED) is 0.172. The standard InChI is InChI=1S/C21H32O6/c1-3-5-6-7-8-9-10-11-17-24-21(23)26-27-25-20(22)19-15-13-18(12-4-2)14-16-19/h13-16H,3-12,17H2,1-2H3. The van der Waals surface area contributed by atoms with Gasteiger partial charge in [-0.15, -0.1) is 0 Å². The fourth-order valence-electron chi connectivity index (χ4n) is 2.64. The van der Waals surface area contributed by atoms with E-state index < -0.39 is 12.1 Å². The molecule has 0 saturated carbocycles. The molecule has 0 unspecified atom stereocenters. The van der Waals surface area contributed by atoms with Crippen LogP contribution in [0.2, 0.25) is 0 Å². The van der Waals surface area contributed by atoms with Crippen molar-refractivity contribution < 1.29 is 29.1 Å². The van der Waals surface area contributed by atoms with Crippen LogP contribution in [0.3, 0.4) is 0 Å². The van der Waals surface area contributed by atoms with Crippen molar-refractivity contribution >= 4 is 12.1 Å². The van der Waals surface area contributed by atoms with E-state index in [1.165, 1.54) is 32.1 Å². The molecule has 0 fully saturated rings. The molecule has 0 aliphatic heterocycles. The van der Waals surface area contributed by atoms with Gasteiger partial charge in [0.2, 0.25) is 0 Å². The second kappa shape index (κ2) is 15.0. The molecular formula is C21H32O6. The predicted octanol–water partition coefficient (Wildman–Crippen LogP) is 5.94. The highest BCUT2D eigenvalue weighted by Gasteiger charge is 2.12. The third-order valence-corrected chi connectivity index (χ3v) is 4.16. The molecule has 0 amide bonds. The molecule has 6 nitrogen and oxygen atoms in total. The Hall–Kier alpha value is -2.08. The highest BCUT2D eigenvalue weighted by molar-refractivity contribution is 5.88. The van der Waals surface area contributed by atoms with Gasteiger partial charge in [0.25, 0.3) is 0 Å². The van der Waals surface area contributed by atoms with Crippen molar-refractivity contribution in [2.24, 2.45) is 0 Å². The number of carbonyl (C=O) groups excluding carboxylic acids is 2. The monoisotopic (exact) mass is 380 g/mol. The van der Waals surface area contributed by atoms with E-state index in [4.69, 9.17) is 4.74 Å². The van der Waals surface area contributed by atoms with Crippen molar-refractivity contribution in [1.29, 1.82) is 0 Å². The van der Waals surface area contributed by atoms with Crippen LogP contribution in [-0.2, 0) is 26.0 Å². The van der Waals surface area contributed by atoms with Gasteiger partial charge in [-0.05, 0) is 30.5 Å². The maximum atomic E-state index is 11.7. The first kappa shape index (κ1) is 23.0. The minimum absolute atomic E-state index is 0.254. The summed E-state index contributed by atoms with van der Waals surface area (Å²) in [5.41, 5.74) is 1.45. The predicted molar refractivity (Wildman–Crippen MR) is 102 cm³/mol. The number of benzene rings is 1. The van der Waals surface area contributed by atoms with Gasteiger partial charge in [-0.25, -0.2) is 14.5 Å². The minimum Gasteiger partial charge on any atom is -0.432 e. The van der Waals surface area contributed by atoms with E-state index >= 15 is 0 Å². The average molecular weight is 380 g/mol. The normalized spacial score (nSPS) is 10.4. The Bertz CT molecular complexity index is 526. The topological polar surface area (TPSA) is 71.1 Å². The Morgan fingerprint density at radius 1 is 0.778 bits per heavy atom. The minimum atomic E-state index is -1.02. The van der Waals surface area contributed by atoms with Gasteiger partial charge in [-0.2, -0.15) is 0 Å². The first-order valence-corrected chi connectivity index (χ1v) is 9.98. The summed E-state index contributed by atoms with van der Waals surface area (Å²) in [6, 6.07) is 6.96. The third kappa shape index (κ3) is 11.3. The van der Waals surface area contributed by atoms with E-state index in [0.717, 1.165) is 37.7 Å². The third-order valence-electron chi connectivity index (χ3n) is 4.16. The molecule has 0 aliphatic carbocycles. The molecule has 27 heavy (non-hydrogen) atoms. The van der Waals surface area contributed by atoms with Crippen LogP contribution in [0.15, 0.2) is 24.3 Å². The van der Waals surface area contributed by atoms with Gasteiger partial charge in [-0.1, -0.05) is 77.3 Å². The molecule has 0 N–H and O–H groups in total. The number of carbonyl (C=O) groups is 2. The SMILES string of the molecule is CCCCCCCCCCOC(=O)OOOC(=O)c1ccc(CCC)cc1. The maximum Gasteiger partial charge on any atom is 0.543 e. The first-order valence-electron chi connectivity index (χ1n) is 9.98. The first-order chi connectivity index (χ1) is 13.2. The zero-order valence-electron chi connectivity index (χ0n) is 16.5. The van der Waals surface area contributed by atoms with Crippen molar-refractivity contribution in [3.8, 4) is 0 Å². The van der Waals surface area contributed by atoms with Crippen LogP contribution < -0.4 is 0 Å². The van der Waals surface area contributed by atoms with Gasteiger partial charge < -0.3 is 4.74 Å². The van der Waals surface area contributed by atoms with Crippen molar-refractivity contribution in [1.82, 2.24) is 0 Å². The summed E-state index contributed by atoms with van der Waals surface area (Å²) in [7, 11) is 0. The molecule has 0 aromatic heterocycles. The lowest BCUT2D eigenvalue weighted by Crippen LogP contribution is -2.12. The van der Waals surface area contributed by atoms with E-state index in [0.29, 0.717) is 5.56 Å². The second-order valence-electron chi connectivity index (χ2n) is 6.54. The molecule has 0 aliphatic rings. The molecule has 1 aromatic rings. The molecule has 1 aromatic carbocycles. The molecule has 1 rings (SSSR count). The molecule has 0 heterocycles. The van der Waals surface area contributed by atoms with E-state index in [2.05, 4.69) is 28.7 Å². The molecular weight excluding hydrogens is 348 g/mol. The zero-order valence-corrected chi connectivity index (χ0v) is 16.5. The Kier molecular flexibility index (Phi) is 12.8. The van der Waals surface area contributed by atoms with Crippen LogP contribution in [0.1, 0.15) is 87.6 Å². The fraction of sp³-hybridized carbons (Fsp3) is 0.619. The molecule has 0 radical (unpaired) electrons. The van der Waals surface area contributed by atoms with Crippen molar-refractivity contribution in [2.75, 3.05) is 6.61 Å². The summed E-state index contributed by atoms with van der Waals surface area (Å²) in [4.78, 5) is 31.8. The summed E-state index contributed by atoms with van der Waals surface area (Å²) in [6.07, 6.45) is 10.2. The van der Waals surface area contributed by atoms with Crippen LogP contribution in [0, 0.1) is 0 Å². The number of aryl methyl sites for hydroxylation is 1. The molecule has 152 valence electrons. The van der Waals surface area contributed by atoms with Crippen LogP contribution in [-0.4, -0.2) is 18.7 Å². The highest BCUT2D eigenvalue weighted by Crippen LogP contribution is 2.09. The highest BCUT2D eigenvalue weighted by atomic mass is 17.5. The smallest absolute Gasteiger partial charge is 0.432 e. The van der Waals surface area contributed by atoms with Crippen molar-refractivity contribution in [3.63, 3.8) is 0 Å². The fourth-order valence-corrected chi connectivity index (χ4v) is 2.64. The van der Waals surface area contributed by atoms with Crippen LogP contribution in [0.4, 0.5) is 4.79 Å². The largest absolute Gasteiger partial charge is 0.543 e. The summed E-state index contributed by atoms with van der Waals surface area (Å²) in [5.74, 6) is -0.742. The summed E-state index contributed by atoms with van der Waals surface area (Å²) in [5, 5.41) is 4.20. The van der Waals surface area contributed by atoms with Crippen LogP contribution >= 0.6 is 0 Å². The van der Waals surface area contributed by atoms with E-state index in [1.807, 2.05) is 12.1 Å². The lowest BCUT2D eigenvalue weighted by Gasteiger charge is -2.05. The number of ether oxygens (including phenoxy) is 1. The van der Waals surface area contributed by atoms with Gasteiger partial charge in [0.1, 0.15) is 0 Å². The lowest BCUT2D eigenvalue weighted by atomic mass is 10.1. The van der Waals surface area contributed by atoms with Crippen LogP contribution in [0.5, 0.6) is 0 Å². The van der Waals surface area contributed by atoms with Gasteiger partial charge in [0, 0.05) is 0 Å². The van der Waals surface area contributed by atoms with Crippen molar-refractivity contribution in [2.45, 2.75) is 78.1 Å². The van der Waals surface area contributed by atoms with Crippen LogP contribution in [0.25, 0.3) is 0 Å². The van der Waals surface area contributed by atoms with E-state index in [-0.39, 0.29) is 6.61 Å². The summed E-state index contributed by atoms with van der Waals surface area (Å²) < 4.78 is 4.84. The Morgan fingerprint density at radius 3 is 2.04 bits per heavy atom. The molecule has 0 bridgehead atoms. The molecule has 6 heteroatoms. The van der Waals surface area contributed by atoms with E-state index in [9.17, 15) is 9.59 Å². The lowest BCUT2D eigenvalue weighted by molar-refractivity contribution is -0.452.